The van der Waals surface area contributed by atoms with Gasteiger partial charge in [-0.1, -0.05) is 35.5 Å². The van der Waals surface area contributed by atoms with E-state index in [0.29, 0.717) is 5.56 Å². The molecule has 0 amide bonds. The van der Waals surface area contributed by atoms with E-state index in [0.717, 1.165) is 6.26 Å². The number of hydrogen-bond donors (Lipinski definition) is 0. The highest BCUT2D eigenvalue weighted by molar-refractivity contribution is 7.91. The van der Waals surface area contributed by atoms with Gasteiger partial charge in [-0.2, -0.15) is 10.2 Å². The summed E-state index contributed by atoms with van der Waals surface area (Å²) in [6, 6.07) is 9.49. The molecule has 0 fully saturated rings. The van der Waals surface area contributed by atoms with Crippen LogP contribution in [0.1, 0.15) is 18.0 Å². The second kappa shape index (κ2) is 5.55. The van der Waals surface area contributed by atoms with E-state index in [4.69, 9.17) is 5.26 Å². The van der Waals surface area contributed by atoms with Crippen LogP contribution in [0.3, 0.4) is 0 Å². The van der Waals surface area contributed by atoms with Crippen LogP contribution < -0.4 is 0 Å². The van der Waals surface area contributed by atoms with Crippen molar-refractivity contribution in [3.63, 3.8) is 0 Å². The third kappa shape index (κ3) is 3.64. The molecule has 17 heavy (non-hydrogen) atoms. The average molecular weight is 252 g/mol. The lowest BCUT2D eigenvalue weighted by molar-refractivity contribution is 0.577. The molecule has 0 bridgehead atoms. The molecule has 0 radical (unpaired) electrons. The third-order valence-corrected chi connectivity index (χ3v) is 3.74. The summed E-state index contributed by atoms with van der Waals surface area (Å²) < 4.78 is 22.6. The van der Waals surface area contributed by atoms with E-state index >= 15 is 0 Å². The van der Waals surface area contributed by atoms with Crippen molar-refractivity contribution in [2.75, 3.05) is 6.26 Å². The van der Waals surface area contributed by atoms with E-state index in [1.165, 1.54) is 0 Å². The first-order chi connectivity index (χ1) is 7.99. The summed E-state index contributed by atoms with van der Waals surface area (Å²) in [7, 11) is -3.49. The van der Waals surface area contributed by atoms with E-state index in [1.54, 1.807) is 36.4 Å². The van der Waals surface area contributed by atoms with Gasteiger partial charge in [-0.25, -0.2) is 8.42 Å². The topological polar surface area (TPSA) is 87.4 Å². The maximum atomic E-state index is 11.3. The molecule has 2 unspecified atom stereocenters. The molecule has 6 heteroatoms. The third-order valence-electron chi connectivity index (χ3n) is 2.41. The van der Waals surface area contributed by atoms with Crippen LogP contribution in [0.5, 0.6) is 0 Å². The Morgan fingerprint density at radius 2 is 1.94 bits per heavy atom. The van der Waals surface area contributed by atoms with Gasteiger partial charge in [0.15, 0.2) is 9.84 Å². The Morgan fingerprint density at radius 3 is 2.35 bits per heavy atom. The molecule has 5 nitrogen and oxygen atoms in total. The first kappa shape index (κ1) is 13.3. The van der Waals surface area contributed by atoms with Gasteiger partial charge >= 0.3 is 0 Å². The SMILES string of the molecule is CS(=O)(=O)C(C#N)CC(N=O)c1ccccc1. The number of nitroso groups, excluding NO2 is 1. The Hall–Kier alpha value is -1.74. The highest BCUT2D eigenvalue weighted by atomic mass is 32.2. The highest BCUT2D eigenvalue weighted by Crippen LogP contribution is 2.24. The lowest BCUT2D eigenvalue weighted by Gasteiger charge is -2.12. The molecule has 0 heterocycles. The number of nitrogens with zero attached hydrogens (tertiary/aromatic N) is 2. The lowest BCUT2D eigenvalue weighted by atomic mass is 10.0. The van der Waals surface area contributed by atoms with Gasteiger partial charge in [-0.05, 0) is 5.56 Å². The molecule has 90 valence electrons. The molecule has 0 N–H and O–H groups in total. The molecular formula is C11H12N2O3S. The summed E-state index contributed by atoms with van der Waals surface area (Å²) in [5.41, 5.74) is 0.617. The second-order valence-corrected chi connectivity index (χ2v) is 5.94. The number of rotatable bonds is 5. The van der Waals surface area contributed by atoms with Gasteiger partial charge in [-0.3, -0.25) is 0 Å². The molecule has 0 aromatic heterocycles. The molecular weight excluding hydrogens is 240 g/mol. The predicted octanol–water partition coefficient (Wildman–Crippen LogP) is 1.82. The van der Waals surface area contributed by atoms with Crippen LogP contribution in [0.4, 0.5) is 0 Å². The monoisotopic (exact) mass is 252 g/mol. The Balaban J connectivity index is 2.92. The predicted molar refractivity (Wildman–Crippen MR) is 63.8 cm³/mol. The largest absolute Gasteiger partial charge is 0.228 e. The van der Waals surface area contributed by atoms with Crippen LogP contribution in [-0.4, -0.2) is 19.9 Å². The van der Waals surface area contributed by atoms with E-state index in [-0.39, 0.29) is 6.42 Å². The van der Waals surface area contributed by atoms with Crippen molar-refractivity contribution in [1.82, 2.24) is 0 Å². The Bertz CT molecular complexity index is 519. The smallest absolute Gasteiger partial charge is 0.163 e. The fourth-order valence-corrected chi connectivity index (χ4v) is 2.16. The highest BCUT2D eigenvalue weighted by Gasteiger charge is 2.26. The van der Waals surface area contributed by atoms with Crippen molar-refractivity contribution >= 4 is 9.84 Å². The zero-order valence-corrected chi connectivity index (χ0v) is 10.1. The average Bonchev–Trinajstić information content (AvgIpc) is 2.30. The standard InChI is InChI=1S/C11H12N2O3S/c1-17(15,16)10(8-12)7-11(13-14)9-5-3-2-4-6-9/h2-6,10-11H,7H2,1H3. The number of hydrogen-bond acceptors (Lipinski definition) is 5. The summed E-state index contributed by atoms with van der Waals surface area (Å²) >= 11 is 0. The van der Waals surface area contributed by atoms with Crippen molar-refractivity contribution in [1.29, 1.82) is 5.26 Å². The van der Waals surface area contributed by atoms with Gasteiger partial charge in [0.25, 0.3) is 0 Å². The normalized spacial score (nSPS) is 14.6. The maximum absolute atomic E-state index is 11.3. The zero-order valence-electron chi connectivity index (χ0n) is 9.28. The van der Waals surface area contributed by atoms with Crippen LogP contribution >= 0.6 is 0 Å². The number of nitriles is 1. The van der Waals surface area contributed by atoms with Crippen molar-refractivity contribution in [2.45, 2.75) is 17.7 Å². The molecule has 1 aromatic rings. The Labute approximate surface area is 100.0 Å². The van der Waals surface area contributed by atoms with Crippen molar-refractivity contribution < 1.29 is 8.42 Å². The van der Waals surface area contributed by atoms with E-state index in [1.807, 2.05) is 0 Å². The van der Waals surface area contributed by atoms with Crippen molar-refractivity contribution in [3.8, 4) is 6.07 Å². The minimum Gasteiger partial charge on any atom is -0.228 e. The number of sulfone groups is 1. The summed E-state index contributed by atoms with van der Waals surface area (Å²) in [6.45, 7) is 0. The second-order valence-electron chi connectivity index (χ2n) is 3.71. The van der Waals surface area contributed by atoms with Crippen LogP contribution in [-0.2, 0) is 9.84 Å². The quantitative estimate of drug-likeness (QED) is 0.748. The lowest BCUT2D eigenvalue weighted by Crippen LogP contribution is -2.20. The Morgan fingerprint density at radius 1 is 1.35 bits per heavy atom. The molecule has 0 spiro atoms. The molecule has 0 saturated carbocycles. The molecule has 0 saturated heterocycles. The zero-order chi connectivity index (χ0) is 12.9. The van der Waals surface area contributed by atoms with Crippen LogP contribution in [0, 0.1) is 16.2 Å². The minimum atomic E-state index is -3.49. The van der Waals surface area contributed by atoms with Gasteiger partial charge in [0.1, 0.15) is 11.3 Å². The van der Waals surface area contributed by atoms with Gasteiger partial charge in [0.05, 0.1) is 6.07 Å². The maximum Gasteiger partial charge on any atom is 0.163 e. The molecule has 1 aromatic carbocycles. The van der Waals surface area contributed by atoms with E-state index in [9.17, 15) is 13.3 Å². The summed E-state index contributed by atoms with van der Waals surface area (Å²) in [5.74, 6) is 0. The first-order valence-electron chi connectivity index (χ1n) is 4.95. The molecule has 2 atom stereocenters. The summed E-state index contributed by atoms with van der Waals surface area (Å²) in [4.78, 5) is 10.7. The molecule has 1 rings (SSSR count). The van der Waals surface area contributed by atoms with Crippen molar-refractivity contribution in [2.24, 2.45) is 5.18 Å². The Kier molecular flexibility index (Phi) is 4.35. The van der Waals surface area contributed by atoms with E-state index in [2.05, 4.69) is 5.18 Å². The van der Waals surface area contributed by atoms with Gasteiger partial charge < -0.3 is 0 Å². The summed E-state index contributed by atoms with van der Waals surface area (Å²) in [5, 5.41) is 10.5. The van der Waals surface area contributed by atoms with E-state index < -0.39 is 21.1 Å². The fraction of sp³-hybridized carbons (Fsp3) is 0.364. The summed E-state index contributed by atoms with van der Waals surface area (Å²) in [6.07, 6.45) is 0.872. The van der Waals surface area contributed by atoms with Crippen LogP contribution in [0.25, 0.3) is 0 Å². The molecule has 0 aliphatic rings. The minimum absolute atomic E-state index is 0.108. The molecule has 0 aliphatic carbocycles. The van der Waals surface area contributed by atoms with Crippen LogP contribution in [0.2, 0.25) is 0 Å². The van der Waals surface area contributed by atoms with Gasteiger partial charge in [0.2, 0.25) is 0 Å². The van der Waals surface area contributed by atoms with Crippen LogP contribution in [0.15, 0.2) is 35.5 Å². The van der Waals surface area contributed by atoms with Gasteiger partial charge in [0, 0.05) is 12.7 Å². The van der Waals surface area contributed by atoms with Gasteiger partial charge in [-0.15, -0.1) is 0 Å². The fourth-order valence-electron chi connectivity index (χ4n) is 1.44. The van der Waals surface area contributed by atoms with Crippen molar-refractivity contribution in [3.05, 3.63) is 40.8 Å². The number of benzene rings is 1. The molecule has 0 aliphatic heterocycles. The first-order valence-corrected chi connectivity index (χ1v) is 6.90.